The molecule has 1 aliphatic heterocycles. The van der Waals surface area contributed by atoms with Gasteiger partial charge in [-0.3, -0.25) is 0 Å². The molecule has 3 rings (SSSR count). The van der Waals surface area contributed by atoms with Crippen LogP contribution in [0.5, 0.6) is 0 Å². The number of nitrogens with zero attached hydrogens (tertiary/aromatic N) is 2. The van der Waals surface area contributed by atoms with E-state index in [9.17, 15) is 0 Å². The van der Waals surface area contributed by atoms with Crippen LogP contribution < -0.4 is 10.6 Å². The number of fused-ring (bicyclic) bond motifs is 1. The first kappa shape index (κ1) is 13.7. The molecule has 2 heterocycles. The summed E-state index contributed by atoms with van der Waals surface area (Å²) in [5.41, 5.74) is 7.48. The van der Waals surface area contributed by atoms with E-state index < -0.39 is 0 Å². The molecule has 1 aromatic heterocycles. The quantitative estimate of drug-likeness (QED) is 0.864. The van der Waals surface area contributed by atoms with Gasteiger partial charge in [0.15, 0.2) is 5.13 Å². The molecule has 0 aromatic carbocycles. The Bertz CT molecular complexity index is 456. The Labute approximate surface area is 124 Å². The van der Waals surface area contributed by atoms with Gasteiger partial charge in [0.1, 0.15) is 0 Å². The fourth-order valence-corrected chi connectivity index (χ4v) is 5.09. The van der Waals surface area contributed by atoms with Crippen molar-refractivity contribution in [3.8, 4) is 0 Å². The van der Waals surface area contributed by atoms with Gasteiger partial charge in [-0.1, -0.05) is 25.2 Å². The third-order valence-corrected chi connectivity index (χ3v) is 6.75. The lowest BCUT2D eigenvalue weighted by Crippen LogP contribution is -2.26. The highest BCUT2D eigenvalue weighted by Crippen LogP contribution is 2.38. The number of anilines is 1. The largest absolute Gasteiger partial charge is 0.347 e. The van der Waals surface area contributed by atoms with Crippen LogP contribution in [0.15, 0.2) is 0 Å². The Morgan fingerprint density at radius 1 is 1.37 bits per heavy atom. The van der Waals surface area contributed by atoms with E-state index in [0.29, 0.717) is 4.75 Å². The van der Waals surface area contributed by atoms with Gasteiger partial charge in [0.2, 0.25) is 0 Å². The molecule has 0 bridgehead atoms. The van der Waals surface area contributed by atoms with Crippen molar-refractivity contribution < 1.29 is 0 Å². The number of nitrogens with two attached hydrogens (primary N) is 1. The molecule has 0 saturated carbocycles. The van der Waals surface area contributed by atoms with Crippen molar-refractivity contribution in [1.82, 2.24) is 4.98 Å². The third-order valence-electron chi connectivity index (χ3n) is 4.09. The predicted molar refractivity (Wildman–Crippen MR) is 85.3 cm³/mol. The Morgan fingerprint density at radius 2 is 2.21 bits per heavy atom. The first-order chi connectivity index (χ1) is 9.05. The normalized spacial score (nSPS) is 26.9. The van der Waals surface area contributed by atoms with Gasteiger partial charge in [-0.25, -0.2) is 4.98 Å². The molecule has 0 amide bonds. The van der Waals surface area contributed by atoms with E-state index in [0.717, 1.165) is 25.9 Å². The molecule has 1 atom stereocenters. The zero-order chi connectivity index (χ0) is 13.5. The highest BCUT2D eigenvalue weighted by molar-refractivity contribution is 8.00. The van der Waals surface area contributed by atoms with Crippen molar-refractivity contribution in [3.63, 3.8) is 0 Å². The SMILES string of the molecule is CC1(C)CCN(c2nc3c(s2)C(N)CCC3)CCS1. The maximum atomic E-state index is 6.21. The van der Waals surface area contributed by atoms with Gasteiger partial charge >= 0.3 is 0 Å². The van der Waals surface area contributed by atoms with E-state index in [1.165, 1.54) is 34.3 Å². The van der Waals surface area contributed by atoms with Gasteiger partial charge in [0, 0.05) is 34.5 Å². The second-order valence-electron chi connectivity index (χ2n) is 6.15. The number of aromatic nitrogens is 1. The minimum atomic E-state index is 0.229. The fraction of sp³-hybridized carbons (Fsp3) is 0.786. The second-order valence-corrected chi connectivity index (χ2v) is 8.96. The molecule has 2 N–H and O–H groups in total. The summed E-state index contributed by atoms with van der Waals surface area (Å²) in [6, 6.07) is 0.229. The number of rotatable bonds is 1. The highest BCUT2D eigenvalue weighted by atomic mass is 32.2. The zero-order valence-electron chi connectivity index (χ0n) is 11.8. The zero-order valence-corrected chi connectivity index (χ0v) is 13.4. The molecular weight excluding hydrogens is 274 g/mol. The first-order valence-electron chi connectivity index (χ1n) is 7.19. The van der Waals surface area contributed by atoms with Crippen molar-refractivity contribution in [1.29, 1.82) is 0 Å². The van der Waals surface area contributed by atoms with E-state index >= 15 is 0 Å². The van der Waals surface area contributed by atoms with Crippen LogP contribution in [-0.2, 0) is 6.42 Å². The number of thiazole rings is 1. The molecule has 106 valence electrons. The van der Waals surface area contributed by atoms with Gasteiger partial charge in [-0.05, 0) is 25.7 Å². The first-order valence-corrected chi connectivity index (χ1v) is 8.99. The van der Waals surface area contributed by atoms with Crippen molar-refractivity contribution in [2.45, 2.75) is 50.3 Å². The summed E-state index contributed by atoms with van der Waals surface area (Å²) >= 11 is 3.93. The standard InChI is InChI=1S/C14H23N3S2/c1-14(2)6-7-17(8-9-18-14)13-16-11-5-3-4-10(15)12(11)19-13/h10H,3-9,15H2,1-2H3. The Balaban J connectivity index is 1.79. The van der Waals surface area contributed by atoms with E-state index in [-0.39, 0.29) is 6.04 Å². The molecule has 1 unspecified atom stereocenters. The number of aryl methyl sites for hydroxylation is 1. The molecular formula is C14H23N3S2. The van der Waals surface area contributed by atoms with Gasteiger partial charge in [-0.2, -0.15) is 11.8 Å². The number of thioether (sulfide) groups is 1. The van der Waals surface area contributed by atoms with Crippen LogP contribution in [0.1, 0.15) is 49.7 Å². The van der Waals surface area contributed by atoms with Crippen LogP contribution >= 0.6 is 23.1 Å². The summed E-state index contributed by atoms with van der Waals surface area (Å²) in [5.74, 6) is 1.20. The molecule has 1 aliphatic carbocycles. The summed E-state index contributed by atoms with van der Waals surface area (Å²) in [6.07, 6.45) is 4.67. The molecule has 19 heavy (non-hydrogen) atoms. The van der Waals surface area contributed by atoms with Crippen molar-refractivity contribution in [3.05, 3.63) is 10.6 Å². The van der Waals surface area contributed by atoms with Crippen molar-refractivity contribution in [2.75, 3.05) is 23.7 Å². The average Bonchev–Trinajstić information content (AvgIpc) is 2.70. The molecule has 5 heteroatoms. The highest BCUT2D eigenvalue weighted by Gasteiger charge is 2.27. The van der Waals surface area contributed by atoms with Gasteiger partial charge in [0.25, 0.3) is 0 Å². The molecule has 1 aromatic rings. The van der Waals surface area contributed by atoms with Crippen LogP contribution in [0.2, 0.25) is 0 Å². The van der Waals surface area contributed by atoms with Crippen molar-refractivity contribution in [2.24, 2.45) is 5.73 Å². The summed E-state index contributed by atoms with van der Waals surface area (Å²) in [6.45, 7) is 6.95. The van der Waals surface area contributed by atoms with Gasteiger partial charge < -0.3 is 10.6 Å². The van der Waals surface area contributed by atoms with Crippen LogP contribution in [-0.4, -0.2) is 28.6 Å². The summed E-state index contributed by atoms with van der Waals surface area (Å²) in [4.78, 5) is 8.68. The summed E-state index contributed by atoms with van der Waals surface area (Å²) in [7, 11) is 0. The smallest absolute Gasteiger partial charge is 0.185 e. The summed E-state index contributed by atoms with van der Waals surface area (Å²) in [5, 5.41) is 1.21. The fourth-order valence-electron chi connectivity index (χ4n) is 2.79. The minimum Gasteiger partial charge on any atom is -0.347 e. The average molecular weight is 297 g/mol. The molecule has 1 saturated heterocycles. The van der Waals surface area contributed by atoms with Gasteiger partial charge in [-0.15, -0.1) is 0 Å². The van der Waals surface area contributed by atoms with Crippen LogP contribution in [0, 0.1) is 0 Å². The van der Waals surface area contributed by atoms with Crippen LogP contribution in [0.4, 0.5) is 5.13 Å². The Morgan fingerprint density at radius 3 is 3.00 bits per heavy atom. The van der Waals surface area contributed by atoms with Crippen LogP contribution in [0.3, 0.4) is 0 Å². The molecule has 2 aliphatic rings. The summed E-state index contributed by atoms with van der Waals surface area (Å²) < 4.78 is 0.405. The predicted octanol–water partition coefficient (Wildman–Crippen LogP) is 3.20. The molecule has 0 radical (unpaired) electrons. The Kier molecular flexibility index (Phi) is 3.80. The minimum absolute atomic E-state index is 0.229. The molecule has 1 fully saturated rings. The maximum Gasteiger partial charge on any atom is 0.185 e. The van der Waals surface area contributed by atoms with E-state index in [2.05, 4.69) is 30.5 Å². The van der Waals surface area contributed by atoms with E-state index in [1.807, 2.05) is 11.3 Å². The van der Waals surface area contributed by atoms with Crippen LogP contribution in [0.25, 0.3) is 0 Å². The topological polar surface area (TPSA) is 42.2 Å². The molecule has 0 spiro atoms. The number of hydrogen-bond donors (Lipinski definition) is 1. The third kappa shape index (κ3) is 2.93. The van der Waals surface area contributed by atoms with E-state index in [4.69, 9.17) is 10.7 Å². The Hall–Kier alpha value is -0.260. The van der Waals surface area contributed by atoms with E-state index in [1.54, 1.807) is 0 Å². The number of hydrogen-bond acceptors (Lipinski definition) is 5. The van der Waals surface area contributed by atoms with Gasteiger partial charge in [0.05, 0.1) is 5.69 Å². The van der Waals surface area contributed by atoms with Crippen molar-refractivity contribution >= 4 is 28.2 Å². The maximum absolute atomic E-state index is 6.21. The monoisotopic (exact) mass is 297 g/mol. The second kappa shape index (κ2) is 5.26. The lowest BCUT2D eigenvalue weighted by molar-refractivity contribution is 0.573. The lowest BCUT2D eigenvalue weighted by atomic mass is 9.99. The lowest BCUT2D eigenvalue weighted by Gasteiger charge is -2.22. The molecule has 3 nitrogen and oxygen atoms in total.